The molecule has 0 aliphatic carbocycles. The van der Waals surface area contributed by atoms with Gasteiger partial charge in [-0.3, -0.25) is 0 Å². The zero-order chi connectivity index (χ0) is 18.5. The van der Waals surface area contributed by atoms with Crippen molar-refractivity contribution in [1.29, 1.82) is 0 Å². The van der Waals surface area contributed by atoms with E-state index in [9.17, 15) is 0 Å². The maximum absolute atomic E-state index is 2.52. The highest BCUT2D eigenvalue weighted by atomic mass is 14.3. The third-order valence-corrected chi connectivity index (χ3v) is 4.49. The van der Waals surface area contributed by atoms with Gasteiger partial charge in [-0.2, -0.15) is 0 Å². The van der Waals surface area contributed by atoms with E-state index in [1.165, 1.54) is 0 Å². The van der Waals surface area contributed by atoms with Gasteiger partial charge in [-0.15, -0.1) is 0 Å². The SMILES string of the molecule is CC.CC(C)c1cc(C(C)C)c(C(C)C)c(C(C)C)c1C(C)C. The van der Waals surface area contributed by atoms with Gasteiger partial charge >= 0.3 is 0 Å². The molecule has 23 heavy (non-hydrogen) atoms. The minimum Gasteiger partial charge on any atom is -0.0683 e. The molecule has 0 aliphatic heterocycles. The fraction of sp³-hybridized carbons (Fsp3) is 0.739. The Morgan fingerprint density at radius 2 is 0.696 bits per heavy atom. The lowest BCUT2D eigenvalue weighted by molar-refractivity contribution is 0.698. The predicted molar refractivity (Wildman–Crippen MR) is 108 cm³/mol. The van der Waals surface area contributed by atoms with Gasteiger partial charge in [0, 0.05) is 0 Å². The van der Waals surface area contributed by atoms with Crippen molar-refractivity contribution in [2.75, 3.05) is 0 Å². The Morgan fingerprint density at radius 3 is 0.870 bits per heavy atom. The van der Waals surface area contributed by atoms with Crippen molar-refractivity contribution >= 4 is 0 Å². The molecule has 1 aromatic rings. The van der Waals surface area contributed by atoms with Crippen LogP contribution in [-0.2, 0) is 0 Å². The summed E-state index contributed by atoms with van der Waals surface area (Å²) in [5.74, 6) is 2.98. The van der Waals surface area contributed by atoms with Crippen molar-refractivity contribution < 1.29 is 0 Å². The fourth-order valence-electron chi connectivity index (χ4n) is 3.65. The normalized spacial score (nSPS) is 11.7. The molecule has 1 aromatic carbocycles. The Balaban J connectivity index is 0.00000232. The molecule has 0 nitrogen and oxygen atoms in total. The average Bonchev–Trinajstić information content (AvgIpc) is 2.46. The summed E-state index contributed by atoms with van der Waals surface area (Å²) in [4.78, 5) is 0. The molecule has 0 saturated heterocycles. The Labute approximate surface area is 147 Å². The summed E-state index contributed by atoms with van der Waals surface area (Å²) in [6.45, 7) is 27.5. The van der Waals surface area contributed by atoms with Crippen molar-refractivity contribution in [3.05, 3.63) is 33.9 Å². The maximum atomic E-state index is 2.52. The number of hydrogen-bond donors (Lipinski definition) is 0. The van der Waals surface area contributed by atoms with E-state index in [0.29, 0.717) is 29.6 Å². The third-order valence-electron chi connectivity index (χ3n) is 4.49. The summed E-state index contributed by atoms with van der Waals surface area (Å²) in [7, 11) is 0. The van der Waals surface area contributed by atoms with Crippen molar-refractivity contribution in [2.24, 2.45) is 0 Å². The number of hydrogen-bond acceptors (Lipinski definition) is 0. The summed E-state index contributed by atoms with van der Waals surface area (Å²) in [5.41, 5.74) is 8.01. The van der Waals surface area contributed by atoms with E-state index in [-0.39, 0.29) is 0 Å². The molecule has 0 fully saturated rings. The lowest BCUT2D eigenvalue weighted by Crippen LogP contribution is -2.14. The van der Waals surface area contributed by atoms with Gasteiger partial charge in [0.2, 0.25) is 0 Å². The summed E-state index contributed by atoms with van der Waals surface area (Å²) >= 11 is 0. The average molecular weight is 319 g/mol. The molecule has 0 amide bonds. The van der Waals surface area contributed by atoms with Gasteiger partial charge < -0.3 is 0 Å². The van der Waals surface area contributed by atoms with Gasteiger partial charge in [0.05, 0.1) is 0 Å². The van der Waals surface area contributed by atoms with E-state index in [0.717, 1.165) is 0 Å². The second-order valence-corrected chi connectivity index (χ2v) is 8.07. The molecular weight excluding hydrogens is 276 g/mol. The Morgan fingerprint density at radius 1 is 0.435 bits per heavy atom. The first-order chi connectivity index (χ1) is 10.6. The first kappa shape index (κ1) is 22.2. The molecule has 0 heteroatoms. The van der Waals surface area contributed by atoms with Crippen molar-refractivity contribution in [3.63, 3.8) is 0 Å². The quantitative estimate of drug-likeness (QED) is 0.512. The van der Waals surface area contributed by atoms with E-state index in [2.05, 4.69) is 75.3 Å². The maximum Gasteiger partial charge on any atom is -0.0213 e. The molecule has 0 bridgehead atoms. The van der Waals surface area contributed by atoms with Crippen LogP contribution >= 0.6 is 0 Å². The Hall–Kier alpha value is -0.780. The van der Waals surface area contributed by atoms with Crippen LogP contribution in [0.3, 0.4) is 0 Å². The summed E-state index contributed by atoms with van der Waals surface area (Å²) in [5, 5.41) is 0. The molecular formula is C23H42. The van der Waals surface area contributed by atoms with Gasteiger partial charge in [-0.1, -0.05) is 89.2 Å². The van der Waals surface area contributed by atoms with Crippen LogP contribution in [0.2, 0.25) is 0 Å². The van der Waals surface area contributed by atoms with Gasteiger partial charge in [-0.25, -0.2) is 0 Å². The molecule has 0 spiro atoms. The number of rotatable bonds is 5. The molecule has 134 valence electrons. The largest absolute Gasteiger partial charge is 0.0683 e. The lowest BCUT2D eigenvalue weighted by atomic mass is 9.74. The molecule has 0 saturated carbocycles. The molecule has 0 aliphatic rings. The fourth-order valence-corrected chi connectivity index (χ4v) is 3.65. The molecule has 0 atom stereocenters. The Kier molecular flexibility index (Phi) is 9.18. The number of benzene rings is 1. The summed E-state index contributed by atoms with van der Waals surface area (Å²) in [6.07, 6.45) is 0. The van der Waals surface area contributed by atoms with Crippen LogP contribution < -0.4 is 0 Å². The van der Waals surface area contributed by atoms with Gasteiger partial charge in [0.15, 0.2) is 0 Å². The van der Waals surface area contributed by atoms with Crippen LogP contribution in [-0.4, -0.2) is 0 Å². The van der Waals surface area contributed by atoms with E-state index in [1.807, 2.05) is 13.8 Å². The summed E-state index contributed by atoms with van der Waals surface area (Å²) in [6, 6.07) is 2.52. The topological polar surface area (TPSA) is 0 Å². The van der Waals surface area contributed by atoms with Crippen LogP contribution in [0.1, 0.15) is 140 Å². The van der Waals surface area contributed by atoms with Crippen LogP contribution in [0.25, 0.3) is 0 Å². The van der Waals surface area contributed by atoms with Crippen LogP contribution in [0, 0.1) is 0 Å². The first-order valence-electron chi connectivity index (χ1n) is 9.79. The van der Waals surface area contributed by atoms with E-state index in [1.54, 1.807) is 27.8 Å². The van der Waals surface area contributed by atoms with E-state index < -0.39 is 0 Å². The van der Waals surface area contributed by atoms with Crippen LogP contribution in [0.4, 0.5) is 0 Å². The zero-order valence-corrected chi connectivity index (χ0v) is 18.0. The minimum atomic E-state index is 0.594. The highest BCUT2D eigenvalue weighted by Gasteiger charge is 2.25. The van der Waals surface area contributed by atoms with Gasteiger partial charge in [-0.05, 0) is 57.4 Å². The van der Waals surface area contributed by atoms with E-state index in [4.69, 9.17) is 0 Å². The van der Waals surface area contributed by atoms with Crippen molar-refractivity contribution in [2.45, 2.75) is 113 Å². The second-order valence-electron chi connectivity index (χ2n) is 8.07. The van der Waals surface area contributed by atoms with Gasteiger partial charge in [0.1, 0.15) is 0 Å². The van der Waals surface area contributed by atoms with Crippen molar-refractivity contribution in [3.8, 4) is 0 Å². The Bertz CT molecular complexity index is 435. The monoisotopic (exact) mass is 318 g/mol. The predicted octanol–water partition coefficient (Wildman–Crippen LogP) is 8.33. The van der Waals surface area contributed by atoms with Crippen LogP contribution in [0.5, 0.6) is 0 Å². The van der Waals surface area contributed by atoms with Gasteiger partial charge in [0.25, 0.3) is 0 Å². The standard InChI is InChI=1S/C21H36.C2H6/c1-12(2)17-11-18(13(3)4)20(15(7)8)21(16(9)10)19(17)14(5)6;1-2/h11-16H,1-10H3;1-2H3. The molecule has 0 radical (unpaired) electrons. The van der Waals surface area contributed by atoms with Crippen molar-refractivity contribution in [1.82, 2.24) is 0 Å². The first-order valence-corrected chi connectivity index (χ1v) is 9.79. The molecule has 0 N–H and O–H groups in total. The van der Waals surface area contributed by atoms with Crippen LogP contribution in [0.15, 0.2) is 6.07 Å². The summed E-state index contributed by atoms with van der Waals surface area (Å²) < 4.78 is 0. The molecule has 0 heterocycles. The second kappa shape index (κ2) is 9.50. The lowest BCUT2D eigenvalue weighted by Gasteiger charge is -2.31. The highest BCUT2D eigenvalue weighted by Crippen LogP contribution is 2.42. The smallest absolute Gasteiger partial charge is 0.0213 e. The molecule has 0 unspecified atom stereocenters. The minimum absolute atomic E-state index is 0.594. The van der Waals surface area contributed by atoms with E-state index >= 15 is 0 Å². The highest BCUT2D eigenvalue weighted by molar-refractivity contribution is 5.52. The molecule has 0 aromatic heterocycles. The molecule has 1 rings (SSSR count). The third kappa shape index (κ3) is 5.10. The zero-order valence-electron chi connectivity index (χ0n) is 18.0.